The number of piperidine rings is 1. The zero-order valence-corrected chi connectivity index (χ0v) is 16.6. The third-order valence-electron chi connectivity index (χ3n) is 5.22. The van der Waals surface area contributed by atoms with Gasteiger partial charge in [-0.05, 0) is 59.6 Å². The van der Waals surface area contributed by atoms with E-state index >= 15 is 0 Å². The first-order chi connectivity index (χ1) is 12.2. The van der Waals surface area contributed by atoms with Gasteiger partial charge in [0.05, 0.1) is 4.90 Å². The van der Waals surface area contributed by atoms with E-state index in [-0.39, 0.29) is 5.41 Å². The van der Waals surface area contributed by atoms with Gasteiger partial charge in [-0.3, -0.25) is 0 Å². The predicted octanol–water partition coefficient (Wildman–Crippen LogP) is 4.13. The molecule has 0 atom stereocenters. The number of nitrogens with two attached hydrogens (primary N) is 1. The number of benzene rings is 2. The molecule has 0 unspecified atom stereocenters. The van der Waals surface area contributed by atoms with Gasteiger partial charge in [-0.2, -0.15) is 4.31 Å². The van der Waals surface area contributed by atoms with Crippen LogP contribution in [0.5, 0.6) is 0 Å². The zero-order chi connectivity index (χ0) is 18.9. The van der Waals surface area contributed by atoms with Crippen molar-refractivity contribution < 1.29 is 8.42 Å². The van der Waals surface area contributed by atoms with Gasteiger partial charge in [0.1, 0.15) is 0 Å². The Morgan fingerprint density at radius 3 is 1.96 bits per heavy atom. The Hall–Kier alpha value is -1.85. The molecule has 0 aromatic heterocycles. The molecule has 5 heteroatoms. The molecule has 0 bridgehead atoms. The standard InChI is InChI=1S/C21H28N2O2S/c1-21(2,3)18-6-10-20(11-7-18)26(24,25)23-14-12-17(13-15-23)16-4-8-19(22)9-5-16/h4-11,17H,12-15,22H2,1-3H3. The Kier molecular flexibility index (Phi) is 5.13. The monoisotopic (exact) mass is 372 g/mol. The number of anilines is 1. The Morgan fingerprint density at radius 2 is 1.46 bits per heavy atom. The van der Waals surface area contributed by atoms with Gasteiger partial charge < -0.3 is 5.73 Å². The molecule has 0 aliphatic carbocycles. The topological polar surface area (TPSA) is 63.4 Å². The van der Waals surface area contributed by atoms with Crippen LogP contribution in [-0.4, -0.2) is 25.8 Å². The molecule has 26 heavy (non-hydrogen) atoms. The van der Waals surface area contributed by atoms with Gasteiger partial charge in [-0.25, -0.2) is 8.42 Å². The smallest absolute Gasteiger partial charge is 0.243 e. The summed E-state index contributed by atoms with van der Waals surface area (Å²) >= 11 is 0. The molecule has 1 aliphatic rings. The maximum absolute atomic E-state index is 12.9. The molecule has 0 radical (unpaired) electrons. The molecular weight excluding hydrogens is 344 g/mol. The first-order valence-electron chi connectivity index (χ1n) is 9.14. The molecule has 0 spiro atoms. The fourth-order valence-electron chi connectivity index (χ4n) is 3.47. The Bertz CT molecular complexity index is 842. The molecule has 0 amide bonds. The van der Waals surface area contributed by atoms with Crippen LogP contribution in [0.25, 0.3) is 0 Å². The molecule has 2 aromatic carbocycles. The number of nitrogen functional groups attached to an aromatic ring is 1. The van der Waals surface area contributed by atoms with Gasteiger partial charge >= 0.3 is 0 Å². The highest BCUT2D eigenvalue weighted by atomic mass is 32.2. The van der Waals surface area contributed by atoms with E-state index in [1.807, 2.05) is 24.3 Å². The summed E-state index contributed by atoms with van der Waals surface area (Å²) in [4.78, 5) is 0.386. The summed E-state index contributed by atoms with van der Waals surface area (Å²) in [5.74, 6) is 0.394. The van der Waals surface area contributed by atoms with Crippen LogP contribution in [0.3, 0.4) is 0 Å². The average Bonchev–Trinajstić information content (AvgIpc) is 2.62. The molecule has 0 saturated carbocycles. The molecule has 3 rings (SSSR count). The largest absolute Gasteiger partial charge is 0.399 e. The van der Waals surface area contributed by atoms with E-state index < -0.39 is 10.0 Å². The van der Waals surface area contributed by atoms with Gasteiger partial charge in [0.15, 0.2) is 0 Å². The molecule has 1 fully saturated rings. The Balaban J connectivity index is 1.70. The lowest BCUT2D eigenvalue weighted by Gasteiger charge is -2.31. The molecule has 1 saturated heterocycles. The molecule has 1 heterocycles. The third-order valence-corrected chi connectivity index (χ3v) is 7.13. The van der Waals surface area contributed by atoms with E-state index in [2.05, 4.69) is 32.9 Å². The second-order valence-electron chi connectivity index (χ2n) is 8.12. The molecule has 4 nitrogen and oxygen atoms in total. The second-order valence-corrected chi connectivity index (χ2v) is 10.1. The lowest BCUT2D eigenvalue weighted by molar-refractivity contribution is 0.319. The molecule has 140 valence electrons. The first kappa shape index (κ1) is 18.9. The summed E-state index contributed by atoms with van der Waals surface area (Å²) in [6, 6.07) is 15.3. The SMILES string of the molecule is CC(C)(C)c1ccc(S(=O)(=O)N2CCC(c3ccc(N)cc3)CC2)cc1. The quantitative estimate of drug-likeness (QED) is 0.824. The van der Waals surface area contributed by atoms with Crippen molar-refractivity contribution in [2.75, 3.05) is 18.8 Å². The number of sulfonamides is 1. The first-order valence-corrected chi connectivity index (χ1v) is 10.6. The van der Waals surface area contributed by atoms with Gasteiger partial charge in [-0.1, -0.05) is 45.0 Å². The van der Waals surface area contributed by atoms with Crippen LogP contribution in [0.1, 0.15) is 50.7 Å². The van der Waals surface area contributed by atoms with E-state index in [4.69, 9.17) is 5.73 Å². The summed E-state index contributed by atoms with van der Waals surface area (Å²) in [6.45, 7) is 7.48. The summed E-state index contributed by atoms with van der Waals surface area (Å²) in [6.07, 6.45) is 1.67. The fraction of sp³-hybridized carbons (Fsp3) is 0.429. The summed E-state index contributed by atoms with van der Waals surface area (Å²) in [5.41, 5.74) is 8.90. The lowest BCUT2D eigenvalue weighted by atomic mass is 9.87. The maximum Gasteiger partial charge on any atom is 0.243 e. The van der Waals surface area contributed by atoms with Gasteiger partial charge in [0, 0.05) is 18.8 Å². The van der Waals surface area contributed by atoms with Crippen molar-refractivity contribution in [3.8, 4) is 0 Å². The molecular formula is C21H28N2O2S. The highest BCUT2D eigenvalue weighted by Gasteiger charge is 2.30. The van der Waals surface area contributed by atoms with Gasteiger partial charge in [0.25, 0.3) is 0 Å². The van der Waals surface area contributed by atoms with Crippen LogP contribution < -0.4 is 5.73 Å². The van der Waals surface area contributed by atoms with E-state index in [0.717, 1.165) is 24.1 Å². The van der Waals surface area contributed by atoms with Crippen molar-refractivity contribution in [2.45, 2.75) is 49.8 Å². The van der Waals surface area contributed by atoms with Gasteiger partial charge in [-0.15, -0.1) is 0 Å². The van der Waals surface area contributed by atoms with Crippen LogP contribution in [-0.2, 0) is 15.4 Å². The molecule has 2 N–H and O–H groups in total. The van der Waals surface area contributed by atoms with E-state index in [9.17, 15) is 8.42 Å². The van der Waals surface area contributed by atoms with E-state index in [1.54, 1.807) is 16.4 Å². The highest BCUT2D eigenvalue weighted by molar-refractivity contribution is 7.89. The van der Waals surface area contributed by atoms with Crippen LogP contribution in [0.15, 0.2) is 53.4 Å². The average molecular weight is 373 g/mol. The zero-order valence-electron chi connectivity index (χ0n) is 15.8. The van der Waals surface area contributed by atoms with Crippen molar-refractivity contribution in [1.29, 1.82) is 0 Å². The van der Waals surface area contributed by atoms with Crippen molar-refractivity contribution in [3.05, 3.63) is 59.7 Å². The van der Waals surface area contributed by atoms with E-state index in [1.165, 1.54) is 5.56 Å². The van der Waals surface area contributed by atoms with Crippen LogP contribution in [0.2, 0.25) is 0 Å². The van der Waals surface area contributed by atoms with Crippen molar-refractivity contribution in [3.63, 3.8) is 0 Å². The Morgan fingerprint density at radius 1 is 0.923 bits per heavy atom. The second kappa shape index (κ2) is 7.05. The van der Waals surface area contributed by atoms with Crippen LogP contribution >= 0.6 is 0 Å². The summed E-state index contributed by atoms with van der Waals surface area (Å²) in [7, 11) is -3.42. The number of nitrogens with zero attached hydrogens (tertiary/aromatic N) is 1. The number of rotatable bonds is 3. The van der Waals surface area contributed by atoms with Crippen molar-refractivity contribution in [1.82, 2.24) is 4.31 Å². The predicted molar refractivity (Wildman–Crippen MR) is 107 cm³/mol. The van der Waals surface area contributed by atoms with Crippen LogP contribution in [0.4, 0.5) is 5.69 Å². The lowest BCUT2D eigenvalue weighted by Crippen LogP contribution is -2.37. The van der Waals surface area contributed by atoms with Crippen molar-refractivity contribution in [2.24, 2.45) is 0 Å². The number of hydrogen-bond acceptors (Lipinski definition) is 3. The van der Waals surface area contributed by atoms with E-state index in [0.29, 0.717) is 23.9 Å². The maximum atomic E-state index is 12.9. The minimum absolute atomic E-state index is 0.0136. The molecule has 1 aliphatic heterocycles. The van der Waals surface area contributed by atoms with Crippen molar-refractivity contribution >= 4 is 15.7 Å². The third kappa shape index (κ3) is 3.94. The van der Waals surface area contributed by atoms with Crippen LogP contribution in [0, 0.1) is 0 Å². The van der Waals surface area contributed by atoms with Gasteiger partial charge in [0.2, 0.25) is 10.0 Å². The minimum Gasteiger partial charge on any atom is -0.399 e. The normalized spacial score (nSPS) is 17.3. The minimum atomic E-state index is -3.42. The molecule has 2 aromatic rings. The number of hydrogen-bond donors (Lipinski definition) is 1. The highest BCUT2D eigenvalue weighted by Crippen LogP contribution is 2.31. The Labute approximate surface area is 157 Å². The summed E-state index contributed by atoms with van der Waals surface area (Å²) in [5, 5.41) is 0. The summed E-state index contributed by atoms with van der Waals surface area (Å²) < 4.78 is 27.5. The fourth-order valence-corrected chi connectivity index (χ4v) is 4.94.